The molecule has 4 aromatic rings. The highest BCUT2D eigenvalue weighted by atomic mass is 32.1. The average Bonchev–Trinajstić information content (AvgIpc) is 3.36. The Hall–Kier alpha value is -3.45. The van der Waals surface area contributed by atoms with Gasteiger partial charge in [0.05, 0.1) is 5.69 Å². The minimum absolute atomic E-state index is 0.848. The zero-order valence-corrected chi connectivity index (χ0v) is 27.1. The van der Waals surface area contributed by atoms with Crippen LogP contribution in [0, 0.1) is 0 Å². The van der Waals surface area contributed by atoms with Crippen LogP contribution in [-0.2, 0) is 19.5 Å². The first-order valence-corrected chi connectivity index (χ1v) is 16.6. The van der Waals surface area contributed by atoms with E-state index in [9.17, 15) is 0 Å². The van der Waals surface area contributed by atoms with Gasteiger partial charge in [0, 0.05) is 43.3 Å². The van der Waals surface area contributed by atoms with E-state index < -0.39 is 0 Å². The molecule has 3 heterocycles. The Morgan fingerprint density at radius 1 is 0.814 bits per heavy atom. The number of fused-ring (bicyclic) bond motifs is 1. The minimum Gasteiger partial charge on any atom is -0.358 e. The van der Waals surface area contributed by atoms with Crippen molar-refractivity contribution >= 4 is 38.9 Å². The number of aromatic nitrogens is 1. The van der Waals surface area contributed by atoms with Gasteiger partial charge in [-0.15, -0.1) is 0 Å². The van der Waals surface area contributed by atoms with Crippen molar-refractivity contribution in [1.29, 1.82) is 0 Å². The number of rotatable bonds is 12. The van der Waals surface area contributed by atoms with Crippen molar-refractivity contribution in [2.75, 3.05) is 59.3 Å². The maximum atomic E-state index is 2.65. The monoisotopic (exact) mass is 592 g/mol. The summed E-state index contributed by atoms with van der Waals surface area (Å²) in [4.78, 5) is 9.82. The first-order valence-electron chi connectivity index (χ1n) is 15.8. The fourth-order valence-electron chi connectivity index (χ4n) is 6.51. The van der Waals surface area contributed by atoms with Gasteiger partial charge in [0.1, 0.15) is 10.5 Å². The highest BCUT2D eigenvalue weighted by Crippen LogP contribution is 2.40. The van der Waals surface area contributed by atoms with Gasteiger partial charge in [0.15, 0.2) is 6.54 Å². The predicted molar refractivity (Wildman–Crippen MR) is 183 cm³/mol. The molecule has 0 saturated heterocycles. The van der Waals surface area contributed by atoms with Crippen LogP contribution in [0.1, 0.15) is 41.0 Å². The smallest absolute Gasteiger partial charge is 0.263 e. The van der Waals surface area contributed by atoms with E-state index in [2.05, 4.69) is 137 Å². The first-order chi connectivity index (χ1) is 21.0. The van der Waals surface area contributed by atoms with Crippen LogP contribution >= 0.6 is 11.3 Å². The molecule has 0 aliphatic carbocycles. The van der Waals surface area contributed by atoms with Crippen molar-refractivity contribution in [2.24, 2.45) is 0 Å². The molecule has 0 radical (unpaired) electrons. The Morgan fingerprint density at radius 3 is 2.28 bits per heavy atom. The molecule has 0 N–H and O–H groups in total. The quantitative estimate of drug-likeness (QED) is 0.169. The van der Waals surface area contributed by atoms with Crippen LogP contribution in [0.15, 0.2) is 84.7 Å². The zero-order valence-electron chi connectivity index (χ0n) is 26.3. The molecule has 0 bridgehead atoms. The van der Waals surface area contributed by atoms with Crippen molar-refractivity contribution < 1.29 is 4.57 Å². The summed E-state index contributed by atoms with van der Waals surface area (Å²) >= 11 is 1.94. The van der Waals surface area contributed by atoms with E-state index in [0.29, 0.717) is 0 Å². The highest BCUT2D eigenvalue weighted by Gasteiger charge is 2.29. The number of anilines is 1. The Balaban J connectivity index is 1.46. The number of aryl methyl sites for hydroxylation is 2. The largest absolute Gasteiger partial charge is 0.358 e. The summed E-state index contributed by atoms with van der Waals surface area (Å²) in [5, 5.41) is 1.35. The van der Waals surface area contributed by atoms with Crippen molar-refractivity contribution in [3.05, 3.63) is 106 Å². The molecule has 6 heteroatoms. The van der Waals surface area contributed by atoms with Crippen molar-refractivity contribution in [3.8, 4) is 0 Å². The third-order valence-electron chi connectivity index (χ3n) is 8.58. The number of benzene rings is 3. The van der Waals surface area contributed by atoms with Gasteiger partial charge < -0.3 is 19.6 Å². The molecule has 6 rings (SSSR count). The third-order valence-corrected chi connectivity index (χ3v) is 9.68. The molecule has 2 aliphatic heterocycles. The van der Waals surface area contributed by atoms with E-state index in [1.807, 2.05) is 11.3 Å². The van der Waals surface area contributed by atoms with Gasteiger partial charge in [-0.1, -0.05) is 72.0 Å². The molecule has 0 amide bonds. The van der Waals surface area contributed by atoms with Gasteiger partial charge in [-0.2, -0.15) is 4.57 Å². The molecular weight excluding hydrogens is 547 g/mol. The van der Waals surface area contributed by atoms with E-state index in [1.165, 1.54) is 61.8 Å². The number of nitrogens with zero attached hydrogens (tertiary/aromatic N) is 5. The van der Waals surface area contributed by atoms with Crippen LogP contribution in [0.2, 0.25) is 0 Å². The van der Waals surface area contributed by atoms with E-state index in [4.69, 9.17) is 0 Å². The molecule has 0 unspecified atom stereocenters. The van der Waals surface area contributed by atoms with Crippen LogP contribution in [0.25, 0.3) is 21.9 Å². The molecule has 0 fully saturated rings. The number of hydrogen-bond acceptors (Lipinski definition) is 5. The molecule has 0 atom stereocenters. The maximum Gasteiger partial charge on any atom is 0.263 e. The number of para-hydroxylation sites is 2. The normalized spacial score (nSPS) is 15.4. The summed E-state index contributed by atoms with van der Waals surface area (Å²) in [5.41, 5.74) is 8.17. The maximum absolute atomic E-state index is 2.65. The van der Waals surface area contributed by atoms with Crippen LogP contribution < -0.4 is 9.47 Å². The summed E-state index contributed by atoms with van der Waals surface area (Å²) < 4.78 is 3.97. The Kier molecular flexibility index (Phi) is 9.27. The molecular formula is C37H46N5S+. The molecule has 0 spiro atoms. The van der Waals surface area contributed by atoms with E-state index in [0.717, 1.165) is 52.1 Å². The third kappa shape index (κ3) is 6.72. The second kappa shape index (κ2) is 13.5. The highest BCUT2D eigenvalue weighted by molar-refractivity contribution is 7.19. The van der Waals surface area contributed by atoms with Crippen LogP contribution in [-0.4, -0.2) is 69.1 Å². The first kappa shape index (κ1) is 29.6. The lowest BCUT2D eigenvalue weighted by molar-refractivity contribution is -0.671. The average molecular weight is 593 g/mol. The summed E-state index contributed by atoms with van der Waals surface area (Å²) in [7, 11) is 8.70. The number of allylic oxidation sites excluding steroid dienone is 2. The topological polar surface area (TPSA) is 16.8 Å². The molecule has 2 aliphatic rings. The Bertz CT molecular complexity index is 1590. The second-order valence-electron chi connectivity index (χ2n) is 12.5. The SMILES string of the molecule is CN(C)CCCN(CCCN(C)C)C1=C/C(=C\c2sc3cccc4c3[n+]2CCC4)c2ccccc2N1Cc1ccccc1. The summed E-state index contributed by atoms with van der Waals surface area (Å²) in [6.07, 6.45) is 9.60. The van der Waals surface area contributed by atoms with Gasteiger partial charge in [0.25, 0.3) is 5.01 Å². The van der Waals surface area contributed by atoms with Gasteiger partial charge >= 0.3 is 0 Å². The van der Waals surface area contributed by atoms with Crippen LogP contribution in [0.5, 0.6) is 0 Å². The Morgan fingerprint density at radius 2 is 1.53 bits per heavy atom. The molecule has 224 valence electrons. The molecule has 0 saturated carbocycles. The lowest BCUT2D eigenvalue weighted by atomic mass is 9.97. The molecule has 5 nitrogen and oxygen atoms in total. The van der Waals surface area contributed by atoms with Gasteiger partial charge in [0.2, 0.25) is 5.52 Å². The van der Waals surface area contributed by atoms with E-state index in [-0.39, 0.29) is 0 Å². The van der Waals surface area contributed by atoms with Crippen LogP contribution in [0.4, 0.5) is 5.69 Å². The number of thiazole rings is 1. The molecule has 43 heavy (non-hydrogen) atoms. The van der Waals surface area contributed by atoms with Gasteiger partial charge in [-0.3, -0.25) is 0 Å². The second-order valence-corrected chi connectivity index (χ2v) is 13.5. The standard InChI is InChI=1S/C37H46N5S/c1-38(2)21-12-23-40(24-13-22-39(3)4)35-26-31(27-36-41-25-11-17-30-16-10-20-34(43-36)37(30)41)32-18-8-9-19-33(32)42(35)28-29-14-6-5-7-15-29/h5-10,14-16,18-20,26-27H,11-13,17,21-25,28H2,1-4H3/q+1. The lowest BCUT2D eigenvalue weighted by Gasteiger charge is -2.40. The van der Waals surface area contributed by atoms with E-state index in [1.54, 1.807) is 0 Å². The van der Waals surface area contributed by atoms with Gasteiger partial charge in [-0.25, -0.2) is 0 Å². The minimum atomic E-state index is 0.848. The number of hydrogen-bond donors (Lipinski definition) is 0. The summed E-state index contributed by atoms with van der Waals surface area (Å²) in [5.74, 6) is 1.31. The zero-order chi connectivity index (χ0) is 29.8. The molecule has 1 aromatic heterocycles. The molecule has 3 aromatic carbocycles. The predicted octanol–water partition coefficient (Wildman–Crippen LogP) is 6.74. The van der Waals surface area contributed by atoms with Crippen molar-refractivity contribution in [1.82, 2.24) is 14.7 Å². The fourth-order valence-corrected chi connectivity index (χ4v) is 7.70. The van der Waals surface area contributed by atoms with Crippen molar-refractivity contribution in [2.45, 2.75) is 38.8 Å². The Labute approximate surface area is 262 Å². The summed E-state index contributed by atoms with van der Waals surface area (Å²) in [6.45, 7) is 6.17. The fraction of sp³-hybridized carbons (Fsp3) is 0.378. The van der Waals surface area contributed by atoms with Crippen molar-refractivity contribution in [3.63, 3.8) is 0 Å². The summed E-state index contributed by atoms with van der Waals surface area (Å²) in [6, 6.07) is 26.8. The van der Waals surface area contributed by atoms with E-state index >= 15 is 0 Å². The lowest BCUT2D eigenvalue weighted by Crippen LogP contribution is -2.40. The van der Waals surface area contributed by atoms with Crippen LogP contribution in [0.3, 0.4) is 0 Å². The van der Waals surface area contributed by atoms with Gasteiger partial charge in [-0.05, 0) is 89.9 Å².